The summed E-state index contributed by atoms with van der Waals surface area (Å²) in [4.78, 5) is 0. The summed E-state index contributed by atoms with van der Waals surface area (Å²) in [5, 5.41) is 3.36. The molecular formula is C27H48BFN2O3S. The molecule has 2 aromatic rings. The van der Waals surface area contributed by atoms with E-state index in [1.54, 1.807) is 25.5 Å². The fraction of sp³-hybridized carbons (Fsp3) is 0.556. The highest BCUT2D eigenvalue weighted by atomic mass is 32.2. The molecule has 2 rings (SSSR count). The van der Waals surface area contributed by atoms with Crippen molar-refractivity contribution in [2.45, 2.75) is 74.0 Å². The van der Waals surface area contributed by atoms with Crippen molar-refractivity contribution in [2.24, 2.45) is 0 Å². The van der Waals surface area contributed by atoms with E-state index in [0.29, 0.717) is 25.4 Å². The topological polar surface area (TPSA) is 59.6 Å². The lowest BCUT2D eigenvalue weighted by Crippen LogP contribution is -2.34. The van der Waals surface area contributed by atoms with Crippen molar-refractivity contribution in [3.63, 3.8) is 0 Å². The molecule has 3 atom stereocenters. The SMILES string of the molecule is CC.CC.CC.COCC(CNCc1ccc([C@@H](C)NS(C)=O)cc1)Oc1ccc(F)cc1.[B]C. The van der Waals surface area contributed by atoms with Crippen LogP contribution in [0.25, 0.3) is 0 Å². The highest BCUT2D eigenvalue weighted by molar-refractivity contribution is 7.82. The van der Waals surface area contributed by atoms with Crippen LogP contribution >= 0.6 is 0 Å². The van der Waals surface area contributed by atoms with E-state index in [0.717, 1.165) is 11.1 Å². The van der Waals surface area contributed by atoms with E-state index in [-0.39, 0.29) is 18.0 Å². The summed E-state index contributed by atoms with van der Waals surface area (Å²) in [5.41, 5.74) is 2.23. The van der Waals surface area contributed by atoms with Crippen LogP contribution in [0.4, 0.5) is 4.39 Å². The summed E-state index contributed by atoms with van der Waals surface area (Å²) < 4.78 is 38.3. The van der Waals surface area contributed by atoms with Crippen molar-refractivity contribution in [3.05, 3.63) is 65.5 Å². The number of methoxy groups -OCH3 is 1. The third-order valence-electron chi connectivity index (χ3n) is 3.99. The van der Waals surface area contributed by atoms with Crippen LogP contribution in [0.2, 0.25) is 6.82 Å². The molecule has 0 aliphatic carbocycles. The molecule has 0 fully saturated rings. The van der Waals surface area contributed by atoms with Crippen molar-refractivity contribution in [1.29, 1.82) is 0 Å². The van der Waals surface area contributed by atoms with Crippen molar-refractivity contribution in [1.82, 2.24) is 10.0 Å². The van der Waals surface area contributed by atoms with Crippen molar-refractivity contribution in [3.8, 4) is 5.75 Å². The molecular weight excluding hydrogens is 462 g/mol. The van der Waals surface area contributed by atoms with Gasteiger partial charge in [0, 0.05) is 32.5 Å². The van der Waals surface area contributed by atoms with Crippen LogP contribution in [0.1, 0.15) is 65.6 Å². The number of nitrogens with one attached hydrogen (secondary N) is 2. The number of rotatable bonds is 11. The molecule has 2 aromatic carbocycles. The monoisotopic (exact) mass is 510 g/mol. The van der Waals surface area contributed by atoms with Gasteiger partial charge in [-0.3, -0.25) is 0 Å². The Hall–Kier alpha value is -1.74. The molecule has 0 amide bonds. The van der Waals surface area contributed by atoms with E-state index < -0.39 is 11.0 Å². The Kier molecular flexibility index (Phi) is 29.0. The molecule has 0 aliphatic rings. The van der Waals surface area contributed by atoms with Gasteiger partial charge in [0.2, 0.25) is 0 Å². The summed E-state index contributed by atoms with van der Waals surface area (Å²) in [6.07, 6.45) is 1.45. The minimum Gasteiger partial charge on any atom is -0.487 e. The maximum atomic E-state index is 13.0. The first-order valence-electron chi connectivity index (χ1n) is 12.4. The van der Waals surface area contributed by atoms with E-state index in [1.807, 2.05) is 72.7 Å². The number of benzene rings is 2. The highest BCUT2D eigenvalue weighted by Gasteiger charge is 2.11. The number of hydrogen-bond donors (Lipinski definition) is 2. The predicted octanol–water partition coefficient (Wildman–Crippen LogP) is 6.24. The molecule has 0 saturated carbocycles. The Morgan fingerprint density at radius 1 is 0.943 bits per heavy atom. The molecule has 0 spiro atoms. The van der Waals surface area contributed by atoms with Crippen LogP contribution in [0.5, 0.6) is 5.75 Å². The van der Waals surface area contributed by atoms with Gasteiger partial charge in [0.25, 0.3) is 0 Å². The number of hydrogen-bond acceptors (Lipinski definition) is 4. The van der Waals surface area contributed by atoms with E-state index in [9.17, 15) is 8.60 Å². The first kappa shape index (κ1) is 37.8. The van der Waals surface area contributed by atoms with Gasteiger partial charge in [0.15, 0.2) is 0 Å². The first-order valence-corrected chi connectivity index (χ1v) is 13.9. The molecule has 5 nitrogen and oxygen atoms in total. The van der Waals surface area contributed by atoms with E-state index in [2.05, 4.69) is 17.9 Å². The average molecular weight is 511 g/mol. The van der Waals surface area contributed by atoms with Gasteiger partial charge in [-0.25, -0.2) is 13.3 Å². The predicted molar refractivity (Wildman–Crippen MR) is 152 cm³/mol. The number of ether oxygens (including phenoxy) is 2. The zero-order valence-electron chi connectivity index (χ0n) is 23.5. The van der Waals surface area contributed by atoms with Crippen LogP contribution < -0.4 is 14.8 Å². The lowest BCUT2D eigenvalue weighted by Gasteiger charge is -2.19. The van der Waals surface area contributed by atoms with E-state index >= 15 is 0 Å². The zero-order chi connectivity index (χ0) is 27.6. The minimum absolute atomic E-state index is 0.0352. The second-order valence-electron chi connectivity index (χ2n) is 6.32. The van der Waals surface area contributed by atoms with Gasteiger partial charge in [0.1, 0.15) is 17.7 Å². The molecule has 35 heavy (non-hydrogen) atoms. The third kappa shape index (κ3) is 19.2. The molecule has 0 saturated heterocycles. The van der Waals surface area contributed by atoms with E-state index in [4.69, 9.17) is 9.47 Å². The molecule has 2 N–H and O–H groups in total. The van der Waals surface area contributed by atoms with Crippen LogP contribution in [-0.4, -0.2) is 44.7 Å². The summed E-state index contributed by atoms with van der Waals surface area (Å²) in [7, 11) is 5.08. The Morgan fingerprint density at radius 2 is 1.46 bits per heavy atom. The smallest absolute Gasteiger partial charge is 0.134 e. The Bertz CT molecular complexity index is 719. The van der Waals surface area contributed by atoms with Crippen LogP contribution in [-0.2, 0) is 22.3 Å². The van der Waals surface area contributed by atoms with Gasteiger partial charge in [-0.05, 0) is 42.3 Å². The van der Waals surface area contributed by atoms with Crippen LogP contribution in [0, 0.1) is 5.82 Å². The molecule has 0 bridgehead atoms. The zero-order valence-corrected chi connectivity index (χ0v) is 24.3. The largest absolute Gasteiger partial charge is 0.487 e. The molecule has 8 heteroatoms. The second kappa shape index (κ2) is 26.9. The first-order chi connectivity index (χ1) is 17.0. The van der Waals surface area contributed by atoms with Gasteiger partial charge in [-0.15, -0.1) is 0 Å². The van der Waals surface area contributed by atoms with Crippen molar-refractivity contribution < 1.29 is 18.1 Å². The standard InChI is InChI=1S/C20H27FN2O3S.3C2H6.CH3B/c1-15(23-27(3)24)17-6-4-16(5-7-17)12-22-13-20(14-25-2)26-19-10-8-18(21)9-11-19;4*1-2/h4-11,15,20,22-23H,12-14H2,1-3H3;3*1-2H3;1H3/t15-,20?,27?;;;;/m1..../s1. The van der Waals surface area contributed by atoms with Gasteiger partial charge in [-0.2, -0.15) is 0 Å². The minimum atomic E-state index is -1.04. The van der Waals surface area contributed by atoms with Gasteiger partial charge in [0.05, 0.1) is 25.4 Å². The fourth-order valence-electron chi connectivity index (χ4n) is 2.64. The Labute approximate surface area is 218 Å². The number of halogens is 1. The van der Waals surface area contributed by atoms with E-state index in [1.165, 1.54) is 19.0 Å². The second-order valence-corrected chi connectivity index (χ2v) is 7.46. The Morgan fingerprint density at radius 3 is 1.91 bits per heavy atom. The molecule has 0 heterocycles. The summed E-state index contributed by atoms with van der Waals surface area (Å²) in [5.74, 6) is 0.321. The Balaban J connectivity index is -0.00000116. The molecule has 200 valence electrons. The molecule has 2 radical (unpaired) electrons. The maximum absolute atomic E-state index is 13.0. The van der Waals surface area contributed by atoms with Gasteiger partial charge in [-0.1, -0.05) is 72.6 Å². The molecule has 2 unspecified atom stereocenters. The summed E-state index contributed by atoms with van der Waals surface area (Å²) >= 11 is 0. The molecule has 0 aliphatic heterocycles. The van der Waals surface area contributed by atoms with Gasteiger partial charge >= 0.3 is 0 Å². The summed E-state index contributed by atoms with van der Waals surface area (Å²) in [6.45, 7) is 17.2. The maximum Gasteiger partial charge on any atom is 0.134 e. The molecule has 0 aromatic heterocycles. The lowest BCUT2D eigenvalue weighted by atomic mass is 10.1. The fourth-order valence-corrected chi connectivity index (χ4v) is 3.28. The van der Waals surface area contributed by atoms with Crippen LogP contribution in [0.15, 0.2) is 48.5 Å². The van der Waals surface area contributed by atoms with Gasteiger partial charge < -0.3 is 14.8 Å². The summed E-state index contributed by atoms with van der Waals surface area (Å²) in [6, 6.07) is 14.1. The lowest BCUT2D eigenvalue weighted by molar-refractivity contribution is 0.0804. The quantitative estimate of drug-likeness (QED) is 0.352. The average Bonchev–Trinajstić information content (AvgIpc) is 2.90. The van der Waals surface area contributed by atoms with Crippen LogP contribution in [0.3, 0.4) is 0 Å². The normalized spacial score (nSPS) is 11.9. The van der Waals surface area contributed by atoms with Crippen molar-refractivity contribution >= 4 is 18.8 Å². The highest BCUT2D eigenvalue weighted by Crippen LogP contribution is 2.15. The van der Waals surface area contributed by atoms with Crippen molar-refractivity contribution in [2.75, 3.05) is 26.5 Å². The third-order valence-corrected chi connectivity index (χ3v) is 4.68.